The molecule has 6 aromatic carbocycles. The third-order valence-corrected chi connectivity index (χ3v) is 9.91. The van der Waals surface area contributed by atoms with Gasteiger partial charge in [0.05, 0.1) is 17.1 Å². The van der Waals surface area contributed by atoms with E-state index in [2.05, 4.69) is 163 Å². The lowest BCUT2D eigenvalue weighted by molar-refractivity contribution is 0.502. The fourth-order valence-electron chi connectivity index (χ4n) is 7.78. The van der Waals surface area contributed by atoms with Crippen LogP contribution in [0.3, 0.4) is 0 Å². The van der Waals surface area contributed by atoms with E-state index in [1.54, 1.807) is 0 Å². The lowest BCUT2D eigenvalue weighted by atomic mass is 9.82. The number of hydrogen-bond donors (Lipinski definition) is 0. The highest BCUT2D eigenvalue weighted by Crippen LogP contribution is 2.45. The molecule has 0 bridgehead atoms. The molecule has 2 unspecified atom stereocenters. The standard InChI is InChI=1S/C44H34N2/c1-29-27-33(25-26-40(29)46-41-22-12-11-21-39(41)45-44(46)31-14-3-2-4-15-31)42-35-17-7-9-19-37(35)43(38-20-10-8-18-36(38)42)34-24-23-30-13-5-6-16-32(30)28-34/h2-5,7-15,17-29,40H,6,16H2,1H3. The molecule has 0 saturated heterocycles. The Balaban J connectivity index is 1.21. The minimum absolute atomic E-state index is 0.146. The topological polar surface area (TPSA) is 17.8 Å². The first-order valence-electron chi connectivity index (χ1n) is 16.4. The highest BCUT2D eigenvalue weighted by Gasteiger charge is 2.26. The molecule has 0 amide bonds. The van der Waals surface area contributed by atoms with Gasteiger partial charge in [-0.2, -0.15) is 0 Å². The van der Waals surface area contributed by atoms with Gasteiger partial charge < -0.3 is 4.57 Å². The lowest BCUT2D eigenvalue weighted by Gasteiger charge is -2.28. The Kier molecular flexibility index (Phi) is 6.35. The van der Waals surface area contributed by atoms with Crippen molar-refractivity contribution in [2.24, 2.45) is 5.92 Å². The maximum Gasteiger partial charge on any atom is 0.141 e. The normalized spacial score (nSPS) is 17.5. The molecule has 220 valence electrons. The molecule has 2 nitrogen and oxygen atoms in total. The number of allylic oxidation sites excluding steroid dienone is 5. The Hall–Kier alpha value is -5.47. The summed E-state index contributed by atoms with van der Waals surface area (Å²) in [5, 5.41) is 5.21. The molecule has 0 N–H and O–H groups in total. The molecule has 1 heterocycles. The van der Waals surface area contributed by atoms with E-state index in [4.69, 9.17) is 4.98 Å². The maximum atomic E-state index is 5.12. The van der Waals surface area contributed by atoms with Crippen molar-refractivity contribution in [3.05, 3.63) is 162 Å². The molecular formula is C44H34N2. The van der Waals surface area contributed by atoms with Crippen LogP contribution in [0.2, 0.25) is 0 Å². The first-order chi connectivity index (χ1) is 22.7. The van der Waals surface area contributed by atoms with Crippen LogP contribution in [0, 0.1) is 5.92 Å². The summed E-state index contributed by atoms with van der Waals surface area (Å²) in [6.45, 7) is 2.35. The number of para-hydroxylation sites is 2. The van der Waals surface area contributed by atoms with E-state index in [9.17, 15) is 0 Å². The van der Waals surface area contributed by atoms with Crippen LogP contribution in [-0.4, -0.2) is 9.55 Å². The second kappa shape index (κ2) is 10.9. The predicted octanol–water partition coefficient (Wildman–Crippen LogP) is 11.5. The fraction of sp³-hybridized carbons (Fsp3) is 0.114. The predicted molar refractivity (Wildman–Crippen MR) is 195 cm³/mol. The van der Waals surface area contributed by atoms with Crippen molar-refractivity contribution in [3.63, 3.8) is 0 Å². The minimum Gasteiger partial charge on any atom is -0.316 e. The average Bonchev–Trinajstić information content (AvgIpc) is 3.50. The molecule has 0 radical (unpaired) electrons. The van der Waals surface area contributed by atoms with E-state index in [-0.39, 0.29) is 12.0 Å². The largest absolute Gasteiger partial charge is 0.316 e. The summed E-state index contributed by atoms with van der Waals surface area (Å²) in [7, 11) is 0. The van der Waals surface area contributed by atoms with Crippen LogP contribution >= 0.6 is 0 Å². The number of benzene rings is 6. The summed E-state index contributed by atoms with van der Waals surface area (Å²) in [5.41, 5.74) is 11.4. The van der Waals surface area contributed by atoms with E-state index < -0.39 is 0 Å². The molecule has 1 aromatic heterocycles. The lowest BCUT2D eigenvalue weighted by Crippen LogP contribution is -2.17. The molecule has 0 spiro atoms. The van der Waals surface area contributed by atoms with Gasteiger partial charge in [0.25, 0.3) is 0 Å². The third kappa shape index (κ3) is 4.29. The van der Waals surface area contributed by atoms with E-state index in [0.29, 0.717) is 0 Å². The van der Waals surface area contributed by atoms with Crippen LogP contribution in [0.15, 0.2) is 146 Å². The molecule has 0 saturated carbocycles. The molecule has 2 heteroatoms. The SMILES string of the molecule is CC1C=C(c2c3ccccc3c(-c3ccc4c(c3)CCC=C4)c3ccccc23)C=CC1n1c(-c2ccccc2)nc2ccccc21. The monoisotopic (exact) mass is 590 g/mol. The van der Waals surface area contributed by atoms with Crippen LogP contribution in [-0.2, 0) is 6.42 Å². The van der Waals surface area contributed by atoms with E-state index in [1.165, 1.54) is 60.5 Å². The number of hydrogen-bond acceptors (Lipinski definition) is 1. The fourth-order valence-corrected chi connectivity index (χ4v) is 7.78. The third-order valence-electron chi connectivity index (χ3n) is 9.91. The molecule has 46 heavy (non-hydrogen) atoms. The van der Waals surface area contributed by atoms with Gasteiger partial charge in [0, 0.05) is 5.56 Å². The number of aryl methyl sites for hydroxylation is 1. The Bertz CT molecular complexity index is 2330. The van der Waals surface area contributed by atoms with Gasteiger partial charge in [-0.15, -0.1) is 0 Å². The zero-order valence-corrected chi connectivity index (χ0v) is 25.9. The van der Waals surface area contributed by atoms with Gasteiger partial charge in [0.1, 0.15) is 5.82 Å². The summed E-state index contributed by atoms with van der Waals surface area (Å²) in [5.74, 6) is 1.27. The van der Waals surface area contributed by atoms with Crippen molar-refractivity contribution >= 4 is 44.2 Å². The summed E-state index contributed by atoms with van der Waals surface area (Å²) >= 11 is 0. The van der Waals surface area contributed by atoms with Gasteiger partial charge in [0.15, 0.2) is 0 Å². The Morgan fingerprint density at radius 2 is 1.33 bits per heavy atom. The van der Waals surface area contributed by atoms with Crippen LogP contribution in [0.25, 0.3) is 66.7 Å². The van der Waals surface area contributed by atoms with Crippen LogP contribution < -0.4 is 0 Å². The second-order valence-electron chi connectivity index (χ2n) is 12.7. The summed E-state index contributed by atoms with van der Waals surface area (Å²) in [6, 6.07) is 44.3. The zero-order chi connectivity index (χ0) is 30.6. The first-order valence-corrected chi connectivity index (χ1v) is 16.4. The van der Waals surface area contributed by atoms with Crippen molar-refractivity contribution in [1.82, 2.24) is 9.55 Å². The number of aromatic nitrogens is 2. The smallest absolute Gasteiger partial charge is 0.141 e. The van der Waals surface area contributed by atoms with Crippen molar-refractivity contribution in [2.45, 2.75) is 25.8 Å². The Labute approximate surface area is 269 Å². The molecule has 0 aliphatic heterocycles. The second-order valence-corrected chi connectivity index (χ2v) is 12.7. The quantitative estimate of drug-likeness (QED) is 0.186. The molecule has 2 aliphatic rings. The van der Waals surface area contributed by atoms with Crippen molar-refractivity contribution < 1.29 is 0 Å². The molecule has 2 aliphatic carbocycles. The van der Waals surface area contributed by atoms with Gasteiger partial charge in [-0.05, 0) is 85.8 Å². The zero-order valence-electron chi connectivity index (χ0n) is 25.9. The van der Waals surface area contributed by atoms with Crippen molar-refractivity contribution in [1.29, 1.82) is 0 Å². The maximum absolute atomic E-state index is 5.12. The van der Waals surface area contributed by atoms with Gasteiger partial charge in [-0.1, -0.05) is 146 Å². The van der Waals surface area contributed by atoms with Gasteiger partial charge in [0.2, 0.25) is 0 Å². The van der Waals surface area contributed by atoms with Gasteiger partial charge in [-0.25, -0.2) is 4.98 Å². The average molecular weight is 591 g/mol. The van der Waals surface area contributed by atoms with Crippen molar-refractivity contribution in [2.75, 3.05) is 0 Å². The first kappa shape index (κ1) is 26.9. The number of imidazole rings is 1. The number of nitrogens with zero attached hydrogens (tertiary/aromatic N) is 2. The molecule has 2 atom stereocenters. The number of fused-ring (bicyclic) bond motifs is 4. The summed E-state index contributed by atoms with van der Waals surface area (Å²) in [4.78, 5) is 5.12. The molecular weight excluding hydrogens is 556 g/mol. The van der Waals surface area contributed by atoms with E-state index in [1.807, 2.05) is 0 Å². The van der Waals surface area contributed by atoms with Crippen LogP contribution in [0.1, 0.15) is 36.1 Å². The van der Waals surface area contributed by atoms with Gasteiger partial charge >= 0.3 is 0 Å². The van der Waals surface area contributed by atoms with Crippen molar-refractivity contribution in [3.8, 4) is 22.5 Å². The van der Waals surface area contributed by atoms with E-state index >= 15 is 0 Å². The Morgan fingerprint density at radius 1 is 0.652 bits per heavy atom. The van der Waals surface area contributed by atoms with Gasteiger partial charge in [-0.3, -0.25) is 0 Å². The Morgan fingerprint density at radius 3 is 2.07 bits per heavy atom. The van der Waals surface area contributed by atoms with Crippen LogP contribution in [0.4, 0.5) is 0 Å². The summed E-state index contributed by atoms with van der Waals surface area (Å²) < 4.78 is 2.43. The summed E-state index contributed by atoms with van der Waals surface area (Å²) in [6.07, 6.45) is 14.0. The molecule has 0 fully saturated rings. The highest BCUT2D eigenvalue weighted by molar-refractivity contribution is 6.19. The molecule has 7 aromatic rings. The van der Waals surface area contributed by atoms with Crippen LogP contribution in [0.5, 0.6) is 0 Å². The number of rotatable bonds is 4. The molecule has 9 rings (SSSR count). The minimum atomic E-state index is 0.146. The van der Waals surface area contributed by atoms with E-state index in [0.717, 1.165) is 29.7 Å². The highest BCUT2D eigenvalue weighted by atomic mass is 15.1.